The molecule has 1 amide bonds. The molecular formula is C13H18BrN3OS. The van der Waals surface area contributed by atoms with Crippen LogP contribution in [0, 0.1) is 0 Å². The zero-order chi connectivity index (χ0) is 13.4. The van der Waals surface area contributed by atoms with E-state index in [1.807, 2.05) is 17.0 Å². The molecule has 3 heterocycles. The average molecular weight is 344 g/mol. The summed E-state index contributed by atoms with van der Waals surface area (Å²) in [4.78, 5) is 19.9. The molecule has 3 rings (SSSR count). The number of halogens is 1. The number of hydrogen-bond donors (Lipinski definition) is 0. The number of nitrogens with zero attached hydrogens (tertiary/aromatic N) is 3. The Hall–Kier alpha value is -0.430. The van der Waals surface area contributed by atoms with Gasteiger partial charge in [-0.2, -0.15) is 0 Å². The smallest absolute Gasteiger partial charge is 0.264 e. The molecule has 0 atom stereocenters. The molecule has 0 saturated carbocycles. The van der Waals surface area contributed by atoms with Crippen LogP contribution in [0.2, 0.25) is 0 Å². The Morgan fingerprint density at radius 3 is 2.53 bits per heavy atom. The fourth-order valence-corrected chi connectivity index (χ4v) is 3.98. The fraction of sp³-hybridized carbons (Fsp3) is 0.615. The number of rotatable bonds is 2. The largest absolute Gasteiger partial charge is 0.335 e. The van der Waals surface area contributed by atoms with E-state index in [9.17, 15) is 4.79 Å². The monoisotopic (exact) mass is 343 g/mol. The molecule has 1 aromatic heterocycles. The van der Waals surface area contributed by atoms with E-state index < -0.39 is 0 Å². The standard InChI is InChI=1S/C13H18BrN3OS/c1-15-4-6-16(7-5-15)10-8-17(9-10)13(18)11-2-3-12(14)19-11/h2-3,10H,4-9H2,1H3. The van der Waals surface area contributed by atoms with Crippen LogP contribution in [-0.4, -0.2) is 73.0 Å². The minimum absolute atomic E-state index is 0.182. The third kappa shape index (κ3) is 2.86. The number of likely N-dealkylation sites (tertiary alicyclic amines) is 1. The van der Waals surface area contributed by atoms with E-state index in [0.29, 0.717) is 6.04 Å². The van der Waals surface area contributed by atoms with Gasteiger partial charge in [-0.15, -0.1) is 11.3 Å². The lowest BCUT2D eigenvalue weighted by molar-refractivity contribution is 0.0113. The Bertz CT molecular complexity index is 464. The van der Waals surface area contributed by atoms with E-state index in [0.717, 1.165) is 47.9 Å². The third-order valence-corrected chi connectivity index (χ3v) is 5.60. The van der Waals surface area contributed by atoms with Crippen LogP contribution in [0.15, 0.2) is 15.9 Å². The lowest BCUT2D eigenvalue weighted by Crippen LogP contribution is -2.63. The number of thiophene rings is 1. The van der Waals surface area contributed by atoms with Crippen molar-refractivity contribution in [3.8, 4) is 0 Å². The third-order valence-electron chi connectivity index (χ3n) is 3.99. The summed E-state index contributed by atoms with van der Waals surface area (Å²) < 4.78 is 1.02. The van der Waals surface area contributed by atoms with Gasteiger partial charge in [0.05, 0.1) is 8.66 Å². The molecule has 2 aliphatic heterocycles. The van der Waals surface area contributed by atoms with E-state index in [-0.39, 0.29) is 5.91 Å². The fourth-order valence-electron chi connectivity index (χ4n) is 2.62. The quantitative estimate of drug-likeness (QED) is 0.815. The topological polar surface area (TPSA) is 26.8 Å². The molecule has 2 aliphatic rings. The number of amides is 1. The van der Waals surface area contributed by atoms with Crippen molar-refractivity contribution in [3.63, 3.8) is 0 Å². The molecule has 0 aliphatic carbocycles. The van der Waals surface area contributed by atoms with Crippen molar-refractivity contribution in [3.05, 3.63) is 20.8 Å². The molecule has 0 spiro atoms. The number of carbonyl (C=O) groups excluding carboxylic acids is 1. The maximum atomic E-state index is 12.2. The van der Waals surface area contributed by atoms with Crippen molar-refractivity contribution in [1.29, 1.82) is 0 Å². The van der Waals surface area contributed by atoms with Crippen molar-refractivity contribution >= 4 is 33.2 Å². The Morgan fingerprint density at radius 1 is 1.26 bits per heavy atom. The highest BCUT2D eigenvalue weighted by atomic mass is 79.9. The second-order valence-corrected chi connectivity index (χ2v) is 7.77. The zero-order valence-electron chi connectivity index (χ0n) is 11.0. The van der Waals surface area contributed by atoms with Gasteiger partial charge >= 0.3 is 0 Å². The molecule has 4 nitrogen and oxygen atoms in total. The van der Waals surface area contributed by atoms with Gasteiger partial charge in [0.1, 0.15) is 0 Å². The van der Waals surface area contributed by atoms with Gasteiger partial charge in [0.25, 0.3) is 5.91 Å². The van der Waals surface area contributed by atoms with Crippen LogP contribution in [0.5, 0.6) is 0 Å². The van der Waals surface area contributed by atoms with Crippen molar-refractivity contribution in [1.82, 2.24) is 14.7 Å². The number of hydrogen-bond acceptors (Lipinski definition) is 4. The molecule has 2 fully saturated rings. The van der Waals surface area contributed by atoms with Crippen molar-refractivity contribution in [2.24, 2.45) is 0 Å². The lowest BCUT2D eigenvalue weighted by atomic mass is 10.1. The van der Waals surface area contributed by atoms with Gasteiger partial charge in [0.15, 0.2) is 0 Å². The highest BCUT2D eigenvalue weighted by molar-refractivity contribution is 9.11. The van der Waals surface area contributed by atoms with Crippen molar-refractivity contribution in [2.75, 3.05) is 46.3 Å². The van der Waals surface area contributed by atoms with E-state index in [2.05, 4.69) is 32.8 Å². The van der Waals surface area contributed by atoms with E-state index in [1.165, 1.54) is 11.3 Å². The highest BCUT2D eigenvalue weighted by Crippen LogP contribution is 2.26. The maximum absolute atomic E-state index is 12.2. The highest BCUT2D eigenvalue weighted by Gasteiger charge is 2.36. The summed E-state index contributed by atoms with van der Waals surface area (Å²) in [6.45, 7) is 6.32. The van der Waals surface area contributed by atoms with Gasteiger partial charge in [0, 0.05) is 45.3 Å². The first-order valence-corrected chi connectivity index (χ1v) is 8.21. The summed E-state index contributed by atoms with van der Waals surface area (Å²) in [5.41, 5.74) is 0. The maximum Gasteiger partial charge on any atom is 0.264 e. The van der Waals surface area contributed by atoms with Gasteiger partial charge in [-0.25, -0.2) is 0 Å². The van der Waals surface area contributed by atoms with Crippen LogP contribution in [0.4, 0.5) is 0 Å². The molecule has 2 saturated heterocycles. The van der Waals surface area contributed by atoms with Gasteiger partial charge in [-0.05, 0) is 35.1 Å². The predicted octanol–water partition coefficient (Wildman–Crippen LogP) is 1.58. The predicted molar refractivity (Wildman–Crippen MR) is 80.8 cm³/mol. The molecule has 0 radical (unpaired) electrons. The minimum Gasteiger partial charge on any atom is -0.335 e. The SMILES string of the molecule is CN1CCN(C2CN(C(=O)c3ccc(Br)s3)C2)CC1. The summed E-state index contributed by atoms with van der Waals surface area (Å²) in [5.74, 6) is 0.182. The molecule has 19 heavy (non-hydrogen) atoms. The second kappa shape index (κ2) is 5.52. The van der Waals surface area contributed by atoms with Gasteiger partial charge in [-0.3, -0.25) is 9.69 Å². The molecule has 1 aromatic rings. The summed E-state index contributed by atoms with van der Waals surface area (Å²) in [5, 5.41) is 0. The van der Waals surface area contributed by atoms with Crippen LogP contribution in [0.1, 0.15) is 9.67 Å². The molecule has 0 aromatic carbocycles. The normalized spacial score (nSPS) is 22.5. The van der Waals surface area contributed by atoms with E-state index in [4.69, 9.17) is 0 Å². The van der Waals surface area contributed by atoms with Crippen molar-refractivity contribution < 1.29 is 4.79 Å². The summed E-state index contributed by atoms with van der Waals surface area (Å²) in [6.07, 6.45) is 0. The molecular weight excluding hydrogens is 326 g/mol. The number of carbonyl (C=O) groups is 1. The molecule has 0 bridgehead atoms. The summed E-state index contributed by atoms with van der Waals surface area (Å²) in [6, 6.07) is 4.41. The average Bonchev–Trinajstić information content (AvgIpc) is 2.76. The van der Waals surface area contributed by atoms with Crippen LogP contribution in [0.3, 0.4) is 0 Å². The Morgan fingerprint density at radius 2 is 1.95 bits per heavy atom. The minimum atomic E-state index is 0.182. The van der Waals surface area contributed by atoms with Crippen molar-refractivity contribution in [2.45, 2.75) is 6.04 Å². The van der Waals surface area contributed by atoms with Crippen LogP contribution >= 0.6 is 27.3 Å². The number of piperazine rings is 1. The van der Waals surface area contributed by atoms with Gasteiger partial charge in [0.2, 0.25) is 0 Å². The summed E-state index contributed by atoms with van der Waals surface area (Å²) >= 11 is 4.92. The molecule has 104 valence electrons. The van der Waals surface area contributed by atoms with Crippen LogP contribution in [0.25, 0.3) is 0 Å². The van der Waals surface area contributed by atoms with Gasteiger partial charge < -0.3 is 9.80 Å². The van der Waals surface area contributed by atoms with Crippen LogP contribution in [-0.2, 0) is 0 Å². The molecule has 6 heteroatoms. The zero-order valence-corrected chi connectivity index (χ0v) is 13.4. The molecule has 0 N–H and O–H groups in total. The Balaban J connectivity index is 1.51. The van der Waals surface area contributed by atoms with Crippen LogP contribution < -0.4 is 0 Å². The first-order valence-electron chi connectivity index (χ1n) is 6.60. The number of likely N-dealkylation sites (N-methyl/N-ethyl adjacent to an activating group) is 1. The first-order chi connectivity index (χ1) is 9.13. The van der Waals surface area contributed by atoms with E-state index >= 15 is 0 Å². The molecule has 0 unspecified atom stereocenters. The first kappa shape index (κ1) is 13.5. The summed E-state index contributed by atoms with van der Waals surface area (Å²) in [7, 11) is 2.17. The Labute approximate surface area is 126 Å². The lowest BCUT2D eigenvalue weighted by Gasteiger charge is -2.47. The van der Waals surface area contributed by atoms with Gasteiger partial charge in [-0.1, -0.05) is 0 Å². The second-order valence-electron chi connectivity index (χ2n) is 5.31. The van der Waals surface area contributed by atoms with E-state index in [1.54, 1.807) is 0 Å². The Kier molecular flexibility index (Phi) is 3.93.